The highest BCUT2D eigenvalue weighted by Gasteiger charge is 2.21. The van der Waals surface area contributed by atoms with E-state index in [9.17, 15) is 19.1 Å². The van der Waals surface area contributed by atoms with E-state index in [1.807, 2.05) is 0 Å². The van der Waals surface area contributed by atoms with Gasteiger partial charge in [-0.3, -0.25) is 9.79 Å². The molecule has 1 aromatic heterocycles. The normalized spacial score (nSPS) is 11.0. The number of halogens is 2. The molecule has 0 aliphatic heterocycles. The molecule has 142 valence electrons. The molecule has 0 radical (unpaired) electrons. The molecular weight excluding hydrogens is 447 g/mol. The van der Waals surface area contributed by atoms with E-state index in [0.717, 1.165) is 21.9 Å². The Morgan fingerprint density at radius 3 is 2.54 bits per heavy atom. The Bertz CT molecular complexity index is 1080. The lowest BCUT2D eigenvalue weighted by Crippen LogP contribution is -2.14. The summed E-state index contributed by atoms with van der Waals surface area (Å²) in [5, 5.41) is 14.1. The Morgan fingerprint density at radius 1 is 1.21 bits per heavy atom. The van der Waals surface area contributed by atoms with E-state index in [1.54, 1.807) is 29.6 Å². The minimum atomic E-state index is -1.16. The second-order valence-electron chi connectivity index (χ2n) is 5.74. The molecule has 1 heterocycles. The number of hydrogen-bond donors (Lipinski definition) is 2. The number of carbonyl (C=O) groups is 2. The van der Waals surface area contributed by atoms with Crippen LogP contribution in [0.25, 0.3) is 11.1 Å². The van der Waals surface area contributed by atoms with Crippen molar-refractivity contribution in [2.75, 3.05) is 12.4 Å². The highest BCUT2D eigenvalue weighted by Crippen LogP contribution is 2.36. The lowest BCUT2D eigenvalue weighted by atomic mass is 10.0. The molecule has 2 aromatic carbocycles. The fourth-order valence-electron chi connectivity index (χ4n) is 2.59. The first-order chi connectivity index (χ1) is 13.4. The van der Waals surface area contributed by atoms with Gasteiger partial charge in [-0.1, -0.05) is 28.1 Å². The first kappa shape index (κ1) is 19.9. The molecule has 0 saturated heterocycles. The molecule has 5 nitrogen and oxygen atoms in total. The third kappa shape index (κ3) is 4.18. The topological polar surface area (TPSA) is 78.8 Å². The highest BCUT2D eigenvalue weighted by atomic mass is 79.9. The van der Waals surface area contributed by atoms with Crippen LogP contribution in [0.3, 0.4) is 0 Å². The highest BCUT2D eigenvalue weighted by molar-refractivity contribution is 9.10. The number of hydrogen-bond acceptors (Lipinski definition) is 4. The maximum Gasteiger partial charge on any atom is 0.339 e. The largest absolute Gasteiger partial charge is 0.478 e. The van der Waals surface area contributed by atoms with Crippen molar-refractivity contribution in [1.29, 1.82) is 0 Å². The van der Waals surface area contributed by atoms with Gasteiger partial charge in [-0.2, -0.15) is 0 Å². The van der Waals surface area contributed by atoms with E-state index >= 15 is 0 Å². The third-order valence-electron chi connectivity index (χ3n) is 3.92. The number of amides is 1. The molecule has 0 aliphatic rings. The van der Waals surface area contributed by atoms with Crippen molar-refractivity contribution in [3.63, 3.8) is 0 Å². The summed E-state index contributed by atoms with van der Waals surface area (Å²) in [5.74, 6) is -2.33. The molecule has 8 heteroatoms. The summed E-state index contributed by atoms with van der Waals surface area (Å²) < 4.78 is 14.9. The number of nitrogens with zero attached hydrogens (tertiary/aromatic N) is 1. The minimum absolute atomic E-state index is 0.00381. The van der Waals surface area contributed by atoms with Crippen LogP contribution in [0.2, 0.25) is 0 Å². The van der Waals surface area contributed by atoms with Gasteiger partial charge in [0.15, 0.2) is 0 Å². The number of anilines is 1. The van der Waals surface area contributed by atoms with Crippen molar-refractivity contribution in [3.8, 4) is 11.1 Å². The second-order valence-corrected chi connectivity index (χ2v) is 7.54. The predicted molar refractivity (Wildman–Crippen MR) is 112 cm³/mol. The van der Waals surface area contributed by atoms with E-state index in [0.29, 0.717) is 11.1 Å². The number of nitrogens with one attached hydrogen (secondary N) is 1. The maximum atomic E-state index is 14.0. The molecule has 3 aromatic rings. The van der Waals surface area contributed by atoms with Crippen LogP contribution >= 0.6 is 27.3 Å². The second kappa shape index (κ2) is 8.45. The van der Waals surface area contributed by atoms with Crippen molar-refractivity contribution in [2.45, 2.75) is 0 Å². The van der Waals surface area contributed by atoms with Crippen molar-refractivity contribution >= 4 is 50.4 Å². The van der Waals surface area contributed by atoms with E-state index in [2.05, 4.69) is 26.2 Å². The van der Waals surface area contributed by atoms with Crippen molar-refractivity contribution in [2.24, 2.45) is 4.99 Å². The van der Waals surface area contributed by atoms with Crippen LogP contribution in [0, 0.1) is 5.82 Å². The molecule has 3 rings (SSSR count). The Kier molecular flexibility index (Phi) is 6.01. The SMILES string of the molecule is CN=Cc1ccc(C(=O)Nc2scc(-c3ccc(Br)cc3)c2C(=O)O)cc1F. The number of rotatable bonds is 5. The van der Waals surface area contributed by atoms with Crippen LogP contribution < -0.4 is 5.32 Å². The molecule has 1 amide bonds. The maximum absolute atomic E-state index is 14.0. The minimum Gasteiger partial charge on any atom is -0.478 e. The standard InChI is InChI=1S/C20H14BrFN2O3S/c1-23-9-13-3-2-12(8-16(13)22)18(25)24-19-17(20(26)27)15(10-28-19)11-4-6-14(21)7-5-11/h2-10H,1H3,(H,24,25)(H,26,27). The van der Waals surface area contributed by atoms with Crippen LogP contribution in [0.15, 0.2) is 57.3 Å². The summed E-state index contributed by atoms with van der Waals surface area (Å²) in [6, 6.07) is 11.2. The Labute approximate surface area is 172 Å². The zero-order valence-corrected chi connectivity index (χ0v) is 17.0. The first-order valence-corrected chi connectivity index (χ1v) is 9.71. The average Bonchev–Trinajstić information content (AvgIpc) is 3.08. The van der Waals surface area contributed by atoms with Crippen LogP contribution in [-0.4, -0.2) is 30.2 Å². The molecule has 0 bridgehead atoms. The van der Waals surface area contributed by atoms with Gasteiger partial charge in [0.2, 0.25) is 0 Å². The van der Waals surface area contributed by atoms with Gasteiger partial charge in [-0.05, 0) is 35.9 Å². The Hall–Kier alpha value is -2.84. The Morgan fingerprint density at radius 2 is 1.93 bits per heavy atom. The van der Waals surface area contributed by atoms with E-state index < -0.39 is 17.7 Å². The summed E-state index contributed by atoms with van der Waals surface area (Å²) in [4.78, 5) is 28.0. The van der Waals surface area contributed by atoms with Gasteiger partial charge in [-0.25, -0.2) is 9.18 Å². The zero-order valence-electron chi connectivity index (χ0n) is 14.6. The number of carboxylic acids is 1. The molecule has 0 unspecified atom stereocenters. The summed E-state index contributed by atoms with van der Waals surface area (Å²) in [6.45, 7) is 0. The van der Waals surface area contributed by atoms with Crippen LogP contribution in [0.4, 0.5) is 9.39 Å². The van der Waals surface area contributed by atoms with Gasteiger partial charge in [0, 0.05) is 39.8 Å². The van der Waals surface area contributed by atoms with Crippen molar-refractivity contribution in [3.05, 3.63) is 74.8 Å². The van der Waals surface area contributed by atoms with Gasteiger partial charge >= 0.3 is 5.97 Å². The molecule has 28 heavy (non-hydrogen) atoms. The smallest absolute Gasteiger partial charge is 0.339 e. The summed E-state index contributed by atoms with van der Waals surface area (Å²) in [6.07, 6.45) is 1.35. The molecule has 0 aliphatic carbocycles. The predicted octanol–water partition coefficient (Wildman–Crippen LogP) is 5.32. The van der Waals surface area contributed by atoms with Gasteiger partial charge in [0.05, 0.1) is 0 Å². The van der Waals surface area contributed by atoms with E-state index in [1.165, 1.54) is 25.4 Å². The molecule has 0 spiro atoms. The molecule has 0 fully saturated rings. The fraction of sp³-hybridized carbons (Fsp3) is 0.0500. The monoisotopic (exact) mass is 460 g/mol. The lowest BCUT2D eigenvalue weighted by molar-refractivity contribution is 0.0699. The number of aliphatic imine (C=N–C) groups is 1. The lowest BCUT2D eigenvalue weighted by Gasteiger charge is -2.07. The summed E-state index contributed by atoms with van der Waals surface area (Å²) in [5.41, 5.74) is 1.56. The van der Waals surface area contributed by atoms with Gasteiger partial charge < -0.3 is 10.4 Å². The van der Waals surface area contributed by atoms with Crippen LogP contribution in [0.1, 0.15) is 26.3 Å². The van der Waals surface area contributed by atoms with Crippen LogP contribution in [-0.2, 0) is 0 Å². The number of carbonyl (C=O) groups excluding carboxylic acids is 1. The number of thiophene rings is 1. The van der Waals surface area contributed by atoms with Crippen molar-refractivity contribution < 1.29 is 19.1 Å². The fourth-order valence-corrected chi connectivity index (χ4v) is 3.81. The Balaban J connectivity index is 1.92. The number of benzene rings is 2. The average molecular weight is 461 g/mol. The van der Waals surface area contributed by atoms with Crippen LogP contribution in [0.5, 0.6) is 0 Å². The summed E-state index contributed by atoms with van der Waals surface area (Å²) >= 11 is 4.44. The molecular formula is C20H14BrFN2O3S. The number of aromatic carboxylic acids is 1. The quantitative estimate of drug-likeness (QED) is 0.505. The molecule has 0 atom stereocenters. The number of carboxylic acid groups (broad SMARTS) is 1. The van der Waals surface area contributed by atoms with Crippen molar-refractivity contribution in [1.82, 2.24) is 0 Å². The summed E-state index contributed by atoms with van der Waals surface area (Å²) in [7, 11) is 1.52. The zero-order chi connectivity index (χ0) is 20.3. The van der Waals surface area contributed by atoms with Gasteiger partial charge in [-0.15, -0.1) is 11.3 Å². The van der Waals surface area contributed by atoms with Gasteiger partial charge in [0.1, 0.15) is 16.4 Å². The molecule has 0 saturated carbocycles. The van der Waals surface area contributed by atoms with E-state index in [4.69, 9.17) is 0 Å². The first-order valence-electron chi connectivity index (χ1n) is 8.04. The van der Waals surface area contributed by atoms with Gasteiger partial charge in [0.25, 0.3) is 5.91 Å². The third-order valence-corrected chi connectivity index (χ3v) is 5.34. The van der Waals surface area contributed by atoms with E-state index in [-0.39, 0.29) is 21.7 Å². The molecule has 2 N–H and O–H groups in total.